The van der Waals surface area contributed by atoms with Gasteiger partial charge in [0.15, 0.2) is 10.1 Å². The van der Waals surface area contributed by atoms with Gasteiger partial charge in [-0.1, -0.05) is 37.3 Å². The fraction of sp³-hybridized carbons (Fsp3) is 0.182. The first-order valence-electron chi connectivity index (χ1n) is 9.73. The molecule has 2 aromatic carbocycles. The van der Waals surface area contributed by atoms with Gasteiger partial charge in [-0.3, -0.25) is 4.79 Å². The van der Waals surface area contributed by atoms with Crippen molar-refractivity contribution in [1.29, 1.82) is 0 Å². The van der Waals surface area contributed by atoms with Crippen LogP contribution >= 0.6 is 22.7 Å². The van der Waals surface area contributed by atoms with Crippen LogP contribution in [0.25, 0.3) is 21.5 Å². The summed E-state index contributed by atoms with van der Waals surface area (Å²) in [5.74, 6) is -2.12. The van der Waals surface area contributed by atoms with Crippen molar-refractivity contribution in [3.63, 3.8) is 0 Å². The first-order chi connectivity index (χ1) is 15.3. The van der Waals surface area contributed by atoms with Gasteiger partial charge in [-0.15, -0.1) is 11.3 Å². The Hall–Kier alpha value is -3.37. The Kier molecular flexibility index (Phi) is 6.15. The van der Waals surface area contributed by atoms with Gasteiger partial charge in [-0.2, -0.15) is 0 Å². The largest absolute Gasteiger partial charge is 0.480 e. The van der Waals surface area contributed by atoms with Gasteiger partial charge in [0.05, 0.1) is 15.9 Å². The second-order valence-electron chi connectivity index (χ2n) is 7.40. The molecule has 164 valence electrons. The number of nitrogens with one attached hydrogen (secondary N) is 2. The van der Waals surface area contributed by atoms with E-state index in [1.807, 2.05) is 24.3 Å². The molecular weight excluding hydrogens is 451 g/mol. The standard InChI is InChI=1S/C22H19FN4O3S2/c1-11(2)18(21(29)30)27-19(28)20-25-16(10-31-20)12-3-6-14(7-4-12)24-22-26-15-8-5-13(23)9-17(15)32-22/h3-11,18H,1-2H3,(H,24,26)(H,27,28)(H,29,30)/t18-/m0/s1. The Labute approximate surface area is 191 Å². The molecular formula is C22H19FN4O3S2. The zero-order chi connectivity index (χ0) is 22.8. The van der Waals surface area contributed by atoms with Crippen molar-refractivity contribution in [1.82, 2.24) is 15.3 Å². The molecule has 4 rings (SSSR count). The summed E-state index contributed by atoms with van der Waals surface area (Å²) in [6, 6.07) is 11.0. The molecule has 0 fully saturated rings. The summed E-state index contributed by atoms with van der Waals surface area (Å²) in [5, 5.41) is 17.6. The summed E-state index contributed by atoms with van der Waals surface area (Å²) in [4.78, 5) is 32.5. The first-order valence-corrected chi connectivity index (χ1v) is 11.4. The summed E-state index contributed by atoms with van der Waals surface area (Å²) in [6.45, 7) is 3.46. The molecule has 2 heterocycles. The van der Waals surface area contributed by atoms with Crippen LogP contribution in [0.2, 0.25) is 0 Å². The highest BCUT2D eigenvalue weighted by Gasteiger charge is 2.25. The number of carboxylic acid groups (broad SMARTS) is 1. The summed E-state index contributed by atoms with van der Waals surface area (Å²) in [5.41, 5.74) is 2.98. The molecule has 10 heteroatoms. The number of carboxylic acids is 1. The number of hydrogen-bond acceptors (Lipinski definition) is 7. The van der Waals surface area contributed by atoms with Crippen molar-refractivity contribution in [2.75, 3.05) is 5.32 Å². The number of carbonyl (C=O) groups excluding carboxylic acids is 1. The van der Waals surface area contributed by atoms with Crippen molar-refractivity contribution < 1.29 is 19.1 Å². The van der Waals surface area contributed by atoms with Gasteiger partial charge in [0, 0.05) is 16.6 Å². The summed E-state index contributed by atoms with van der Waals surface area (Å²) in [6.07, 6.45) is 0. The Morgan fingerprint density at radius 1 is 1.09 bits per heavy atom. The topological polar surface area (TPSA) is 104 Å². The monoisotopic (exact) mass is 470 g/mol. The quantitative estimate of drug-likeness (QED) is 0.345. The fourth-order valence-electron chi connectivity index (χ4n) is 3.03. The SMILES string of the molecule is CC(C)[C@H](NC(=O)c1nc(-c2ccc(Nc3nc4ccc(F)cc4s3)cc2)cs1)C(=O)O. The average molecular weight is 471 g/mol. The third-order valence-electron chi connectivity index (χ3n) is 4.70. The zero-order valence-electron chi connectivity index (χ0n) is 17.1. The maximum Gasteiger partial charge on any atom is 0.326 e. The van der Waals surface area contributed by atoms with E-state index in [-0.39, 0.29) is 16.7 Å². The van der Waals surface area contributed by atoms with Crippen LogP contribution in [0.15, 0.2) is 47.8 Å². The molecule has 32 heavy (non-hydrogen) atoms. The normalized spacial score (nSPS) is 12.1. The Morgan fingerprint density at radius 2 is 1.84 bits per heavy atom. The minimum absolute atomic E-state index is 0.204. The van der Waals surface area contributed by atoms with Gasteiger partial charge in [0.1, 0.15) is 11.9 Å². The third kappa shape index (κ3) is 4.76. The number of benzene rings is 2. The first kappa shape index (κ1) is 21.8. The van der Waals surface area contributed by atoms with Crippen LogP contribution in [0.5, 0.6) is 0 Å². The van der Waals surface area contributed by atoms with Crippen molar-refractivity contribution in [3.05, 3.63) is 58.7 Å². The van der Waals surface area contributed by atoms with E-state index in [9.17, 15) is 19.1 Å². The zero-order valence-corrected chi connectivity index (χ0v) is 18.8. The van der Waals surface area contributed by atoms with Gasteiger partial charge in [-0.25, -0.2) is 19.2 Å². The molecule has 0 saturated heterocycles. The minimum Gasteiger partial charge on any atom is -0.480 e. The number of rotatable bonds is 7. The van der Waals surface area contributed by atoms with E-state index in [1.165, 1.54) is 23.5 Å². The summed E-state index contributed by atoms with van der Waals surface area (Å²) in [7, 11) is 0. The maximum absolute atomic E-state index is 13.4. The van der Waals surface area contributed by atoms with Gasteiger partial charge in [0.25, 0.3) is 5.91 Å². The Balaban J connectivity index is 1.45. The highest BCUT2D eigenvalue weighted by molar-refractivity contribution is 7.22. The molecule has 3 N–H and O–H groups in total. The number of aromatic nitrogens is 2. The number of thiazole rings is 2. The molecule has 0 radical (unpaired) electrons. The number of halogens is 1. The predicted molar refractivity (Wildman–Crippen MR) is 124 cm³/mol. The van der Waals surface area contributed by atoms with Crippen LogP contribution in [0.1, 0.15) is 23.6 Å². The number of carbonyl (C=O) groups is 2. The van der Waals surface area contributed by atoms with Gasteiger partial charge in [-0.05, 0) is 36.2 Å². The number of hydrogen-bond donors (Lipinski definition) is 3. The van der Waals surface area contributed by atoms with Crippen LogP contribution in [0.3, 0.4) is 0 Å². The van der Waals surface area contributed by atoms with Crippen LogP contribution in [-0.2, 0) is 4.79 Å². The van der Waals surface area contributed by atoms with Gasteiger partial charge < -0.3 is 15.7 Å². The number of anilines is 2. The molecule has 0 saturated carbocycles. The van der Waals surface area contributed by atoms with E-state index in [4.69, 9.17) is 0 Å². The highest BCUT2D eigenvalue weighted by atomic mass is 32.1. The van der Waals surface area contributed by atoms with E-state index in [0.717, 1.165) is 32.8 Å². The van der Waals surface area contributed by atoms with Crippen LogP contribution < -0.4 is 10.6 Å². The molecule has 0 unspecified atom stereocenters. The summed E-state index contributed by atoms with van der Waals surface area (Å²) >= 11 is 2.52. The minimum atomic E-state index is -1.08. The predicted octanol–water partition coefficient (Wildman–Crippen LogP) is 5.14. The highest BCUT2D eigenvalue weighted by Crippen LogP contribution is 2.30. The van der Waals surface area contributed by atoms with E-state index in [0.29, 0.717) is 10.8 Å². The molecule has 0 spiro atoms. The van der Waals surface area contributed by atoms with E-state index in [2.05, 4.69) is 20.6 Å². The fourth-order valence-corrected chi connectivity index (χ4v) is 4.67. The lowest BCUT2D eigenvalue weighted by molar-refractivity contribution is -0.140. The summed E-state index contributed by atoms with van der Waals surface area (Å²) < 4.78 is 14.1. The van der Waals surface area contributed by atoms with E-state index >= 15 is 0 Å². The lowest BCUT2D eigenvalue weighted by Gasteiger charge is -2.16. The van der Waals surface area contributed by atoms with Crippen molar-refractivity contribution in [3.8, 4) is 11.3 Å². The Bertz CT molecular complexity index is 1280. The Morgan fingerprint density at radius 3 is 2.53 bits per heavy atom. The van der Waals surface area contributed by atoms with Crippen LogP contribution in [0, 0.1) is 11.7 Å². The molecule has 2 aromatic heterocycles. The average Bonchev–Trinajstić information content (AvgIpc) is 3.38. The number of nitrogens with zero attached hydrogens (tertiary/aromatic N) is 2. The van der Waals surface area contributed by atoms with Gasteiger partial charge in [0.2, 0.25) is 0 Å². The molecule has 1 amide bonds. The van der Waals surface area contributed by atoms with Crippen LogP contribution in [0.4, 0.5) is 15.2 Å². The number of aliphatic carboxylic acids is 1. The van der Waals surface area contributed by atoms with Gasteiger partial charge >= 0.3 is 5.97 Å². The molecule has 7 nitrogen and oxygen atoms in total. The molecule has 0 aliphatic rings. The van der Waals surface area contributed by atoms with Crippen molar-refractivity contribution in [2.24, 2.45) is 5.92 Å². The second kappa shape index (κ2) is 9.01. The lowest BCUT2D eigenvalue weighted by Crippen LogP contribution is -2.44. The smallest absolute Gasteiger partial charge is 0.326 e. The van der Waals surface area contributed by atoms with Crippen molar-refractivity contribution in [2.45, 2.75) is 19.9 Å². The molecule has 0 bridgehead atoms. The molecule has 1 atom stereocenters. The molecule has 0 aliphatic heterocycles. The van der Waals surface area contributed by atoms with E-state index in [1.54, 1.807) is 25.3 Å². The number of amides is 1. The lowest BCUT2D eigenvalue weighted by atomic mass is 10.1. The molecule has 4 aromatic rings. The maximum atomic E-state index is 13.4. The van der Waals surface area contributed by atoms with E-state index < -0.39 is 17.9 Å². The third-order valence-corrected chi connectivity index (χ3v) is 6.47. The second-order valence-corrected chi connectivity index (χ2v) is 9.29. The molecule has 0 aliphatic carbocycles. The van der Waals surface area contributed by atoms with Crippen LogP contribution in [-0.4, -0.2) is 33.0 Å². The van der Waals surface area contributed by atoms with Crippen molar-refractivity contribution >= 4 is 55.6 Å². The number of fused-ring (bicyclic) bond motifs is 1.